The van der Waals surface area contributed by atoms with Gasteiger partial charge in [0.2, 0.25) is 5.89 Å². The van der Waals surface area contributed by atoms with Crippen molar-refractivity contribution in [3.05, 3.63) is 138 Å². The number of ketones is 2. The molecule has 1 heterocycles. The molecule has 12 heteroatoms. The van der Waals surface area contributed by atoms with E-state index in [0.717, 1.165) is 12.4 Å². The molecule has 0 saturated carbocycles. The van der Waals surface area contributed by atoms with Gasteiger partial charge in [0.15, 0.2) is 28.5 Å². The molecule has 51 heavy (non-hydrogen) atoms. The third-order valence-electron chi connectivity index (χ3n) is 8.40. The number of aromatic nitrogens is 1. The molecule has 6 N–H and O–H groups in total. The van der Waals surface area contributed by atoms with Crippen molar-refractivity contribution in [2.24, 2.45) is 0 Å². The lowest BCUT2D eigenvalue weighted by atomic mass is 9.94. The summed E-state index contributed by atoms with van der Waals surface area (Å²) in [7, 11) is 0. The molecule has 2 amide bonds. The van der Waals surface area contributed by atoms with Crippen molar-refractivity contribution < 1.29 is 33.8 Å². The summed E-state index contributed by atoms with van der Waals surface area (Å²) in [5.41, 5.74) is -1.59. The van der Waals surface area contributed by atoms with Gasteiger partial charge >= 0.3 is 0 Å². The lowest BCUT2D eigenvalue weighted by molar-refractivity contribution is -0.139. The molecule has 0 radical (unpaired) electrons. The Morgan fingerprint density at radius 1 is 0.647 bits per heavy atom. The summed E-state index contributed by atoms with van der Waals surface area (Å²) in [6.45, 7) is 2.63. The van der Waals surface area contributed by atoms with Gasteiger partial charge in [0.25, 0.3) is 11.8 Å². The Kier molecular flexibility index (Phi) is 10.6. The molecule has 4 atom stereocenters. The van der Waals surface area contributed by atoms with E-state index in [4.69, 9.17) is 15.2 Å². The fraction of sp³-hybridized carbons (Fsp3) is 0.154. The summed E-state index contributed by atoms with van der Waals surface area (Å²) in [6, 6.07) is 26.5. The van der Waals surface area contributed by atoms with Crippen molar-refractivity contribution in [1.82, 2.24) is 15.6 Å². The Morgan fingerprint density at radius 2 is 1.04 bits per heavy atom. The van der Waals surface area contributed by atoms with Crippen LogP contribution >= 0.6 is 0 Å². The maximum Gasteiger partial charge on any atom is 0.257 e. The van der Waals surface area contributed by atoms with Gasteiger partial charge in [0.1, 0.15) is 12.1 Å². The standard InChI is InChI=1S/C39H35N5O7/c1-38(49,28-9-5-3-6-10-28)36(47)43-30(21-40)33(45)25-15-13-24(14-16-25)32-23-42-35(51-32)27-19-17-26(18-20-27)34(46)31(22-41)44-37(48)39(2,50)29-11-7-4-8-12-29/h3-23,30-31,40-41,49-50H,1-2H3,(H,43,47)(H,44,48)/t30-,31-,38+,39+/m0/s1. The Labute approximate surface area is 293 Å². The van der Waals surface area contributed by atoms with Crippen molar-refractivity contribution in [2.45, 2.75) is 37.1 Å². The number of hydrogen-bond donors (Lipinski definition) is 6. The maximum atomic E-state index is 13.2. The largest absolute Gasteiger partial charge is 0.436 e. The number of aliphatic hydroxyl groups is 2. The van der Waals surface area contributed by atoms with Crippen LogP contribution in [0.4, 0.5) is 0 Å². The van der Waals surface area contributed by atoms with Crippen LogP contribution in [-0.4, -0.2) is 63.1 Å². The summed E-state index contributed by atoms with van der Waals surface area (Å²) >= 11 is 0. The summed E-state index contributed by atoms with van der Waals surface area (Å²) in [5, 5.41) is 41.9. The summed E-state index contributed by atoms with van der Waals surface area (Å²) in [6.07, 6.45) is 3.10. The minimum Gasteiger partial charge on any atom is -0.436 e. The smallest absolute Gasteiger partial charge is 0.257 e. The van der Waals surface area contributed by atoms with E-state index in [-0.39, 0.29) is 17.0 Å². The second-order valence-electron chi connectivity index (χ2n) is 12.0. The molecule has 5 rings (SSSR count). The second-order valence-corrected chi connectivity index (χ2v) is 12.0. The van der Waals surface area contributed by atoms with Crippen LogP contribution in [0.1, 0.15) is 45.7 Å². The Bertz CT molecular complexity index is 1910. The molecular weight excluding hydrogens is 650 g/mol. The number of Topliss-reactive ketones (excluding diaryl/α,β-unsaturated/α-hetero) is 2. The van der Waals surface area contributed by atoms with E-state index in [1.54, 1.807) is 84.9 Å². The SMILES string of the molecule is C[C@](O)(C(=O)N[C@@H](C=N)C(=O)c1ccc(-c2cnc(-c3ccc(C(=O)[C@H](C=N)NC(=O)[C@](C)(O)c4ccccc4)cc3)o2)cc1)c1ccccc1. The molecule has 4 aromatic carbocycles. The summed E-state index contributed by atoms with van der Waals surface area (Å²) < 4.78 is 5.94. The number of carbonyl (C=O) groups is 4. The molecular formula is C39H35N5O7. The molecule has 0 unspecified atom stereocenters. The lowest BCUT2D eigenvalue weighted by Crippen LogP contribution is -2.50. The molecule has 0 aliphatic heterocycles. The van der Waals surface area contributed by atoms with Gasteiger partial charge in [-0.3, -0.25) is 19.2 Å². The normalized spacial score (nSPS) is 14.5. The number of hydrogen-bond acceptors (Lipinski definition) is 10. The Hall–Kier alpha value is -6.37. The number of oxazole rings is 1. The third-order valence-corrected chi connectivity index (χ3v) is 8.40. The van der Waals surface area contributed by atoms with Gasteiger partial charge in [-0.05, 0) is 37.1 Å². The van der Waals surface area contributed by atoms with Gasteiger partial charge in [0, 0.05) is 34.7 Å². The van der Waals surface area contributed by atoms with Crippen LogP contribution in [0.2, 0.25) is 0 Å². The van der Waals surface area contributed by atoms with E-state index in [1.807, 2.05) is 0 Å². The van der Waals surface area contributed by atoms with Crippen LogP contribution in [0.3, 0.4) is 0 Å². The van der Waals surface area contributed by atoms with E-state index in [1.165, 1.54) is 44.3 Å². The van der Waals surface area contributed by atoms with E-state index in [0.29, 0.717) is 28.0 Å². The zero-order chi connectivity index (χ0) is 36.8. The number of carbonyl (C=O) groups excluding carboxylic acids is 4. The first-order chi connectivity index (χ1) is 24.4. The van der Waals surface area contributed by atoms with Crippen LogP contribution in [0.15, 0.2) is 120 Å². The van der Waals surface area contributed by atoms with Crippen molar-refractivity contribution in [3.8, 4) is 22.8 Å². The summed E-state index contributed by atoms with van der Waals surface area (Å²) in [5.74, 6) is -2.12. The topological polar surface area (TPSA) is 207 Å². The van der Waals surface area contributed by atoms with Crippen LogP contribution in [-0.2, 0) is 20.8 Å². The van der Waals surface area contributed by atoms with Crippen molar-refractivity contribution in [3.63, 3.8) is 0 Å². The monoisotopic (exact) mass is 685 g/mol. The first-order valence-electron chi connectivity index (χ1n) is 15.8. The number of rotatable bonds is 14. The highest BCUT2D eigenvalue weighted by Gasteiger charge is 2.36. The van der Waals surface area contributed by atoms with Crippen molar-refractivity contribution in [1.29, 1.82) is 10.8 Å². The van der Waals surface area contributed by atoms with Crippen molar-refractivity contribution in [2.75, 3.05) is 0 Å². The molecule has 0 aliphatic rings. The van der Waals surface area contributed by atoms with Crippen LogP contribution in [0.25, 0.3) is 22.8 Å². The first kappa shape index (κ1) is 35.9. The van der Waals surface area contributed by atoms with E-state index < -0.39 is 46.7 Å². The van der Waals surface area contributed by atoms with E-state index in [2.05, 4.69) is 15.6 Å². The highest BCUT2D eigenvalue weighted by molar-refractivity contribution is 6.12. The minimum absolute atomic E-state index is 0.210. The van der Waals surface area contributed by atoms with Crippen LogP contribution < -0.4 is 10.6 Å². The number of nitrogens with one attached hydrogen (secondary N) is 4. The van der Waals surface area contributed by atoms with Gasteiger partial charge in [-0.25, -0.2) is 4.98 Å². The number of nitrogens with zero attached hydrogens (tertiary/aromatic N) is 1. The zero-order valence-electron chi connectivity index (χ0n) is 27.7. The molecule has 0 fully saturated rings. The fourth-order valence-electron chi connectivity index (χ4n) is 5.19. The Balaban J connectivity index is 1.23. The van der Waals surface area contributed by atoms with Gasteiger partial charge < -0.3 is 36.1 Å². The number of amides is 2. The second kappa shape index (κ2) is 15.0. The molecule has 0 saturated heterocycles. The average molecular weight is 686 g/mol. The van der Waals surface area contributed by atoms with E-state index >= 15 is 0 Å². The molecule has 12 nitrogen and oxygen atoms in total. The van der Waals surface area contributed by atoms with Crippen molar-refractivity contribution >= 4 is 35.8 Å². The first-order valence-corrected chi connectivity index (χ1v) is 15.8. The van der Waals surface area contributed by atoms with Gasteiger partial charge in [-0.2, -0.15) is 0 Å². The lowest BCUT2D eigenvalue weighted by Gasteiger charge is -2.24. The predicted molar refractivity (Wildman–Crippen MR) is 189 cm³/mol. The highest BCUT2D eigenvalue weighted by atomic mass is 16.4. The molecule has 5 aromatic rings. The van der Waals surface area contributed by atoms with Gasteiger partial charge in [0.05, 0.1) is 6.20 Å². The molecule has 1 aromatic heterocycles. The van der Waals surface area contributed by atoms with Gasteiger partial charge in [-0.1, -0.05) is 97.1 Å². The third kappa shape index (κ3) is 7.77. The maximum absolute atomic E-state index is 13.2. The summed E-state index contributed by atoms with van der Waals surface area (Å²) in [4.78, 5) is 56.3. The highest BCUT2D eigenvalue weighted by Crippen LogP contribution is 2.28. The van der Waals surface area contributed by atoms with Gasteiger partial charge in [-0.15, -0.1) is 0 Å². The molecule has 0 bridgehead atoms. The zero-order valence-corrected chi connectivity index (χ0v) is 27.7. The van der Waals surface area contributed by atoms with E-state index in [9.17, 15) is 29.4 Å². The number of benzene rings is 4. The molecule has 258 valence electrons. The quantitative estimate of drug-likeness (QED) is 0.0725. The minimum atomic E-state index is -1.92. The molecule has 0 spiro atoms. The van der Waals surface area contributed by atoms with Crippen LogP contribution in [0, 0.1) is 10.8 Å². The fourth-order valence-corrected chi connectivity index (χ4v) is 5.19. The predicted octanol–water partition coefficient (Wildman–Crippen LogP) is 4.46. The molecule has 0 aliphatic carbocycles. The van der Waals surface area contributed by atoms with Crippen LogP contribution in [0.5, 0.6) is 0 Å². The Morgan fingerprint density at radius 3 is 1.43 bits per heavy atom. The average Bonchev–Trinajstić information content (AvgIpc) is 3.66.